The fraction of sp³-hybridized carbons (Fsp3) is 0.0667. The summed E-state index contributed by atoms with van der Waals surface area (Å²) in [4.78, 5) is 8.56. The number of pyridine rings is 2. The Morgan fingerprint density at radius 1 is 1.04 bits per heavy atom. The first-order valence-corrected chi connectivity index (χ1v) is 8.71. The minimum absolute atomic E-state index is 0.0246. The Hall–Kier alpha value is -1.97. The Balaban J connectivity index is 2.02. The van der Waals surface area contributed by atoms with Crippen LogP contribution < -0.4 is 4.74 Å². The van der Waals surface area contributed by atoms with E-state index in [0.29, 0.717) is 33.7 Å². The summed E-state index contributed by atoms with van der Waals surface area (Å²) in [7, 11) is 1.48. The molecule has 0 aromatic carbocycles. The van der Waals surface area contributed by atoms with Gasteiger partial charge in [-0.25, -0.2) is 12.9 Å². The van der Waals surface area contributed by atoms with Gasteiger partial charge in [-0.2, -0.15) is 4.98 Å². The number of fused-ring (bicyclic) bond motifs is 2. The lowest BCUT2D eigenvalue weighted by atomic mass is 10.1. The fourth-order valence-electron chi connectivity index (χ4n) is 2.74. The van der Waals surface area contributed by atoms with Crippen LogP contribution in [0.4, 0.5) is 7.77 Å². The molecule has 0 radical (unpaired) electrons. The Morgan fingerprint density at radius 3 is 2.56 bits per heavy atom. The van der Waals surface area contributed by atoms with E-state index in [1.807, 2.05) is 6.07 Å². The molecule has 0 aliphatic rings. The summed E-state index contributed by atoms with van der Waals surface area (Å²) >= 11 is 6.00. The van der Waals surface area contributed by atoms with Crippen molar-refractivity contribution < 1.29 is 12.5 Å². The largest absolute Gasteiger partial charge is 0.480 e. The van der Waals surface area contributed by atoms with Gasteiger partial charge in [0.1, 0.15) is 5.15 Å². The van der Waals surface area contributed by atoms with Crippen molar-refractivity contribution in [3.05, 3.63) is 41.8 Å². The van der Waals surface area contributed by atoms with Crippen molar-refractivity contribution in [1.29, 1.82) is 0 Å². The molecule has 4 heterocycles. The van der Waals surface area contributed by atoms with Gasteiger partial charge in [-0.15, -0.1) is 7.77 Å². The molecule has 0 saturated carbocycles. The number of nitrogens with zero attached hydrogens (tertiary/aromatic N) is 4. The van der Waals surface area contributed by atoms with Gasteiger partial charge in [0, 0.05) is 34.3 Å². The minimum Gasteiger partial charge on any atom is -0.480 e. The van der Waals surface area contributed by atoms with E-state index >= 15 is 0 Å². The van der Waals surface area contributed by atoms with E-state index in [4.69, 9.17) is 16.3 Å². The maximum Gasteiger partial charge on any atom is 0.223 e. The van der Waals surface area contributed by atoms with Crippen molar-refractivity contribution in [3.8, 4) is 17.0 Å². The lowest BCUT2D eigenvalue weighted by Crippen LogP contribution is -1.94. The van der Waals surface area contributed by atoms with Gasteiger partial charge < -0.3 is 4.74 Å². The molecule has 0 aliphatic heterocycles. The van der Waals surface area contributed by atoms with Gasteiger partial charge >= 0.3 is 0 Å². The molecule has 5 nitrogen and oxygen atoms in total. The maximum atomic E-state index is 13.3. The van der Waals surface area contributed by atoms with E-state index in [1.54, 1.807) is 30.6 Å². The lowest BCUT2D eigenvalue weighted by molar-refractivity contribution is 0.401. The zero-order valence-electron chi connectivity index (χ0n) is 12.6. The Labute approximate surface area is 154 Å². The molecule has 0 bridgehead atoms. The topological polar surface area (TPSA) is 44.9 Å². The monoisotopic (exact) mass is 398 g/mol. The maximum absolute atomic E-state index is 13.3. The van der Waals surface area contributed by atoms with Crippen LogP contribution in [0.5, 0.6) is 5.88 Å². The summed E-state index contributed by atoms with van der Waals surface area (Å²) in [6, 6.07) is 6.97. The highest BCUT2D eigenvalue weighted by Crippen LogP contribution is 2.39. The molecule has 4 aromatic rings. The molecular weight excluding hydrogens is 390 g/mol. The highest BCUT2D eigenvalue weighted by molar-refractivity contribution is 7.93. The summed E-state index contributed by atoms with van der Waals surface area (Å²) in [5.74, 6) is 0.305. The van der Waals surface area contributed by atoms with Gasteiger partial charge in [-0.05, 0) is 24.3 Å². The SMILES string of the molecule is COc1nc2c(ccn2SF)cc1-c1cn(SF)c2nc(Cl)ccc12. The number of hydrogen-bond acceptors (Lipinski definition) is 5. The van der Waals surface area contributed by atoms with Crippen LogP contribution in [-0.2, 0) is 0 Å². The molecule has 0 aliphatic carbocycles. The van der Waals surface area contributed by atoms with Crippen LogP contribution in [0.1, 0.15) is 0 Å². The smallest absolute Gasteiger partial charge is 0.223 e. The van der Waals surface area contributed by atoms with E-state index in [9.17, 15) is 7.77 Å². The molecule has 0 atom stereocenters. The van der Waals surface area contributed by atoms with E-state index in [0.717, 1.165) is 5.39 Å². The number of hydrogen-bond donors (Lipinski definition) is 0. The number of halogens is 3. The summed E-state index contributed by atoms with van der Waals surface area (Å²) in [6.45, 7) is 0. The van der Waals surface area contributed by atoms with Gasteiger partial charge in [0.15, 0.2) is 36.0 Å². The van der Waals surface area contributed by atoms with Gasteiger partial charge in [0.05, 0.1) is 7.11 Å². The van der Waals surface area contributed by atoms with E-state index in [-0.39, 0.29) is 29.8 Å². The fourth-order valence-corrected chi connectivity index (χ4v) is 3.55. The van der Waals surface area contributed by atoms with Crippen molar-refractivity contribution in [2.24, 2.45) is 0 Å². The zero-order chi connectivity index (χ0) is 17.6. The molecular formula is C15H9ClF2N4OS2. The van der Waals surface area contributed by atoms with Crippen molar-refractivity contribution >= 4 is 58.3 Å². The van der Waals surface area contributed by atoms with Gasteiger partial charge in [0.25, 0.3) is 0 Å². The van der Waals surface area contributed by atoms with Gasteiger partial charge in [-0.1, -0.05) is 11.6 Å². The average Bonchev–Trinajstić information content (AvgIpc) is 3.20. The summed E-state index contributed by atoms with van der Waals surface area (Å²) in [5.41, 5.74) is 2.18. The van der Waals surface area contributed by atoms with Crippen molar-refractivity contribution in [1.82, 2.24) is 17.9 Å². The Bertz CT molecular complexity index is 1100. The molecule has 4 aromatic heterocycles. The van der Waals surface area contributed by atoms with Gasteiger partial charge in [-0.3, -0.25) is 0 Å². The Morgan fingerprint density at radius 2 is 1.84 bits per heavy atom. The second-order valence-corrected chi connectivity index (χ2v) is 6.56. The van der Waals surface area contributed by atoms with Crippen LogP contribution in [0, 0.1) is 0 Å². The van der Waals surface area contributed by atoms with Crippen LogP contribution in [0.15, 0.2) is 36.7 Å². The predicted molar refractivity (Wildman–Crippen MR) is 98.2 cm³/mol. The number of methoxy groups -OCH3 is 1. The second kappa shape index (κ2) is 6.40. The van der Waals surface area contributed by atoms with E-state index in [1.165, 1.54) is 15.1 Å². The van der Waals surface area contributed by atoms with E-state index in [2.05, 4.69) is 9.97 Å². The normalized spacial score (nSPS) is 11.5. The molecule has 0 amide bonds. The predicted octanol–water partition coefficient (Wildman–Crippen LogP) is 5.48. The number of rotatable bonds is 4. The molecule has 4 rings (SSSR count). The molecule has 0 N–H and O–H groups in total. The van der Waals surface area contributed by atoms with E-state index < -0.39 is 0 Å². The van der Waals surface area contributed by atoms with Crippen LogP contribution in [0.2, 0.25) is 5.15 Å². The molecule has 25 heavy (non-hydrogen) atoms. The lowest BCUT2D eigenvalue weighted by Gasteiger charge is -2.08. The number of aromatic nitrogens is 4. The summed E-state index contributed by atoms with van der Waals surface area (Å²) < 4.78 is 34.2. The first kappa shape index (κ1) is 16.5. The van der Waals surface area contributed by atoms with Crippen LogP contribution in [-0.4, -0.2) is 25.0 Å². The summed E-state index contributed by atoms with van der Waals surface area (Å²) in [6.07, 6.45) is 3.18. The molecule has 0 fully saturated rings. The minimum atomic E-state index is 0.0246. The quantitative estimate of drug-likeness (QED) is 0.426. The average molecular weight is 399 g/mol. The molecule has 0 spiro atoms. The zero-order valence-corrected chi connectivity index (χ0v) is 15.0. The second-order valence-electron chi connectivity index (χ2n) is 5.11. The standard InChI is InChI=1S/C15H9ClF2N4OS2/c1-23-15-10(6-8-4-5-21(24-17)13(8)20-15)11-7-22(25-18)14-9(11)2-3-12(16)19-14/h2-7H,1H3. The molecule has 0 saturated heterocycles. The van der Waals surface area contributed by atoms with Crippen molar-refractivity contribution in [2.45, 2.75) is 0 Å². The Kier molecular flexibility index (Phi) is 4.22. The van der Waals surface area contributed by atoms with Crippen molar-refractivity contribution in [2.75, 3.05) is 7.11 Å². The highest BCUT2D eigenvalue weighted by Gasteiger charge is 2.19. The highest BCUT2D eigenvalue weighted by atomic mass is 35.5. The van der Waals surface area contributed by atoms with Crippen LogP contribution in [0.25, 0.3) is 33.2 Å². The third-order valence-electron chi connectivity index (χ3n) is 3.81. The molecule has 128 valence electrons. The summed E-state index contributed by atoms with van der Waals surface area (Å²) in [5, 5.41) is 1.70. The van der Waals surface area contributed by atoms with Crippen LogP contribution in [0.3, 0.4) is 0 Å². The van der Waals surface area contributed by atoms with Crippen LogP contribution >= 0.6 is 36.3 Å². The van der Waals surface area contributed by atoms with Crippen molar-refractivity contribution in [3.63, 3.8) is 0 Å². The number of ether oxygens (including phenoxy) is 1. The third-order valence-corrected chi connectivity index (χ3v) is 4.89. The third kappa shape index (κ3) is 2.62. The molecule has 10 heteroatoms. The molecule has 0 unspecified atom stereocenters. The first-order valence-electron chi connectivity index (χ1n) is 6.98. The van der Waals surface area contributed by atoms with Gasteiger partial charge in [0.2, 0.25) is 5.88 Å². The first-order chi connectivity index (χ1) is 12.2.